The molecule has 0 bridgehead atoms. The SMILES string of the molecule is Cc1scc(C(=O)N(CCC(=O)O)Cc2ccccc2)c1C. The Morgan fingerprint density at radius 3 is 2.41 bits per heavy atom. The molecule has 0 aliphatic heterocycles. The Bertz CT molecular complexity index is 664. The van der Waals surface area contributed by atoms with E-state index in [0.717, 1.165) is 16.0 Å². The van der Waals surface area contributed by atoms with E-state index in [1.54, 1.807) is 16.2 Å². The molecule has 1 aromatic heterocycles. The average Bonchev–Trinajstić information content (AvgIpc) is 2.83. The van der Waals surface area contributed by atoms with Crippen LogP contribution in [0.3, 0.4) is 0 Å². The van der Waals surface area contributed by atoms with Gasteiger partial charge in [-0.05, 0) is 25.0 Å². The summed E-state index contributed by atoms with van der Waals surface area (Å²) in [5.41, 5.74) is 2.64. The van der Waals surface area contributed by atoms with Crippen molar-refractivity contribution in [2.24, 2.45) is 0 Å². The number of benzene rings is 1. The summed E-state index contributed by atoms with van der Waals surface area (Å²) >= 11 is 1.54. The number of carboxylic acids is 1. The number of amides is 1. The zero-order valence-corrected chi connectivity index (χ0v) is 13.5. The van der Waals surface area contributed by atoms with Crippen molar-refractivity contribution in [3.05, 3.63) is 57.3 Å². The molecule has 0 saturated heterocycles. The zero-order valence-electron chi connectivity index (χ0n) is 12.7. The monoisotopic (exact) mass is 317 g/mol. The van der Waals surface area contributed by atoms with Crippen molar-refractivity contribution < 1.29 is 14.7 Å². The van der Waals surface area contributed by atoms with E-state index in [2.05, 4.69) is 0 Å². The van der Waals surface area contributed by atoms with Crippen molar-refractivity contribution in [1.82, 2.24) is 4.90 Å². The van der Waals surface area contributed by atoms with Crippen LogP contribution < -0.4 is 0 Å². The van der Waals surface area contributed by atoms with E-state index in [-0.39, 0.29) is 18.9 Å². The normalized spacial score (nSPS) is 10.5. The van der Waals surface area contributed by atoms with Crippen LogP contribution in [0.1, 0.15) is 32.8 Å². The molecule has 116 valence electrons. The second kappa shape index (κ2) is 7.22. The molecule has 1 heterocycles. The predicted molar refractivity (Wildman–Crippen MR) is 87.2 cm³/mol. The van der Waals surface area contributed by atoms with Crippen molar-refractivity contribution in [2.75, 3.05) is 6.54 Å². The lowest BCUT2D eigenvalue weighted by molar-refractivity contribution is -0.137. The summed E-state index contributed by atoms with van der Waals surface area (Å²) in [5.74, 6) is -1.00. The largest absolute Gasteiger partial charge is 0.481 e. The Kier molecular flexibility index (Phi) is 5.33. The maximum absolute atomic E-state index is 12.7. The number of aryl methyl sites for hydroxylation is 1. The van der Waals surface area contributed by atoms with Gasteiger partial charge < -0.3 is 10.0 Å². The molecule has 2 rings (SSSR count). The molecule has 0 spiro atoms. The van der Waals surface area contributed by atoms with Crippen molar-refractivity contribution in [1.29, 1.82) is 0 Å². The molecule has 0 saturated carbocycles. The van der Waals surface area contributed by atoms with E-state index < -0.39 is 5.97 Å². The third-order valence-corrected chi connectivity index (χ3v) is 4.63. The van der Waals surface area contributed by atoms with Crippen LogP contribution >= 0.6 is 11.3 Å². The Morgan fingerprint density at radius 2 is 1.86 bits per heavy atom. The van der Waals surface area contributed by atoms with E-state index in [4.69, 9.17) is 5.11 Å². The van der Waals surface area contributed by atoms with Crippen LogP contribution in [0.5, 0.6) is 0 Å². The molecule has 0 aliphatic carbocycles. The van der Waals surface area contributed by atoms with Crippen LogP contribution in [-0.2, 0) is 11.3 Å². The van der Waals surface area contributed by atoms with Gasteiger partial charge in [0.25, 0.3) is 5.91 Å². The molecule has 1 N–H and O–H groups in total. The summed E-state index contributed by atoms with van der Waals surface area (Å²) in [5, 5.41) is 10.8. The highest BCUT2D eigenvalue weighted by Crippen LogP contribution is 2.23. The minimum absolute atomic E-state index is 0.0548. The molecule has 1 aromatic carbocycles. The lowest BCUT2D eigenvalue weighted by Crippen LogP contribution is -2.32. The quantitative estimate of drug-likeness (QED) is 0.887. The van der Waals surface area contributed by atoms with Crippen molar-refractivity contribution in [2.45, 2.75) is 26.8 Å². The number of nitrogens with zero attached hydrogens (tertiary/aromatic N) is 1. The number of carbonyl (C=O) groups is 2. The summed E-state index contributed by atoms with van der Waals surface area (Å²) in [7, 11) is 0. The van der Waals surface area contributed by atoms with Gasteiger partial charge in [-0.3, -0.25) is 9.59 Å². The molecular formula is C17H19NO3S. The molecule has 22 heavy (non-hydrogen) atoms. The van der Waals surface area contributed by atoms with Gasteiger partial charge in [-0.2, -0.15) is 0 Å². The van der Waals surface area contributed by atoms with Crippen LogP contribution in [0.4, 0.5) is 0 Å². The van der Waals surface area contributed by atoms with Crippen LogP contribution in [0.15, 0.2) is 35.7 Å². The van der Waals surface area contributed by atoms with Crippen LogP contribution in [0, 0.1) is 13.8 Å². The summed E-state index contributed by atoms with van der Waals surface area (Å²) in [6, 6.07) is 9.61. The van der Waals surface area contributed by atoms with Gasteiger partial charge in [-0.25, -0.2) is 0 Å². The predicted octanol–water partition coefficient (Wildman–Crippen LogP) is 3.48. The van der Waals surface area contributed by atoms with E-state index in [1.165, 1.54) is 0 Å². The molecule has 1 amide bonds. The molecule has 5 heteroatoms. The summed E-state index contributed by atoms with van der Waals surface area (Å²) in [6.45, 7) is 4.53. The van der Waals surface area contributed by atoms with Crippen molar-refractivity contribution in [3.8, 4) is 0 Å². The highest BCUT2D eigenvalue weighted by molar-refractivity contribution is 7.10. The van der Waals surface area contributed by atoms with Crippen LogP contribution in [0.25, 0.3) is 0 Å². The van der Waals surface area contributed by atoms with Gasteiger partial charge in [-0.15, -0.1) is 11.3 Å². The van der Waals surface area contributed by atoms with Gasteiger partial charge in [0.1, 0.15) is 0 Å². The van der Waals surface area contributed by atoms with Gasteiger partial charge >= 0.3 is 5.97 Å². The zero-order chi connectivity index (χ0) is 16.1. The molecule has 0 radical (unpaired) electrons. The topological polar surface area (TPSA) is 57.6 Å². The second-order valence-electron chi connectivity index (χ2n) is 5.19. The molecule has 0 fully saturated rings. The summed E-state index contributed by atoms with van der Waals surface area (Å²) < 4.78 is 0. The Labute approximate surface area is 134 Å². The standard InChI is InChI=1S/C17H19NO3S/c1-12-13(2)22-11-15(12)17(21)18(9-8-16(19)20)10-14-6-4-3-5-7-14/h3-7,11H,8-10H2,1-2H3,(H,19,20). The molecular weight excluding hydrogens is 298 g/mol. The third kappa shape index (κ3) is 3.95. The van der Waals surface area contributed by atoms with E-state index >= 15 is 0 Å². The van der Waals surface area contributed by atoms with Gasteiger partial charge in [0.2, 0.25) is 0 Å². The Balaban J connectivity index is 2.21. The lowest BCUT2D eigenvalue weighted by atomic mass is 10.1. The molecule has 0 aliphatic rings. The van der Waals surface area contributed by atoms with Gasteiger partial charge in [0.05, 0.1) is 12.0 Å². The number of hydrogen-bond donors (Lipinski definition) is 1. The number of hydrogen-bond acceptors (Lipinski definition) is 3. The highest BCUT2D eigenvalue weighted by Gasteiger charge is 2.20. The number of thiophene rings is 1. The summed E-state index contributed by atoms with van der Waals surface area (Å²) in [4.78, 5) is 26.3. The van der Waals surface area contributed by atoms with Crippen LogP contribution in [0.2, 0.25) is 0 Å². The minimum Gasteiger partial charge on any atom is -0.481 e. The first-order valence-electron chi connectivity index (χ1n) is 7.08. The fraction of sp³-hybridized carbons (Fsp3) is 0.294. The van der Waals surface area contributed by atoms with Gasteiger partial charge in [0, 0.05) is 23.3 Å². The van der Waals surface area contributed by atoms with E-state index in [1.807, 2.05) is 49.6 Å². The second-order valence-corrected chi connectivity index (χ2v) is 6.27. The molecule has 0 unspecified atom stereocenters. The third-order valence-electron chi connectivity index (χ3n) is 3.62. The molecule has 2 aromatic rings. The fourth-order valence-electron chi connectivity index (χ4n) is 2.18. The highest BCUT2D eigenvalue weighted by atomic mass is 32.1. The molecule has 0 atom stereocenters. The van der Waals surface area contributed by atoms with Gasteiger partial charge in [0.15, 0.2) is 0 Å². The average molecular weight is 317 g/mol. The first-order chi connectivity index (χ1) is 10.5. The maximum atomic E-state index is 12.7. The van der Waals surface area contributed by atoms with E-state index in [0.29, 0.717) is 12.1 Å². The number of carboxylic acid groups (broad SMARTS) is 1. The number of rotatable bonds is 6. The Hall–Kier alpha value is -2.14. The van der Waals surface area contributed by atoms with Gasteiger partial charge in [-0.1, -0.05) is 30.3 Å². The minimum atomic E-state index is -0.899. The summed E-state index contributed by atoms with van der Waals surface area (Å²) in [6.07, 6.45) is -0.0548. The van der Waals surface area contributed by atoms with Crippen LogP contribution in [-0.4, -0.2) is 28.4 Å². The lowest BCUT2D eigenvalue weighted by Gasteiger charge is -2.22. The smallest absolute Gasteiger partial charge is 0.305 e. The number of carbonyl (C=O) groups excluding carboxylic acids is 1. The Morgan fingerprint density at radius 1 is 1.18 bits per heavy atom. The fourth-order valence-corrected chi connectivity index (χ4v) is 3.04. The van der Waals surface area contributed by atoms with Crippen molar-refractivity contribution >= 4 is 23.2 Å². The first kappa shape index (κ1) is 16.2. The van der Waals surface area contributed by atoms with Crippen molar-refractivity contribution in [3.63, 3.8) is 0 Å². The maximum Gasteiger partial charge on any atom is 0.305 e. The first-order valence-corrected chi connectivity index (χ1v) is 7.96. The number of aliphatic carboxylic acids is 1. The van der Waals surface area contributed by atoms with E-state index in [9.17, 15) is 9.59 Å². The molecule has 4 nitrogen and oxygen atoms in total.